The van der Waals surface area contributed by atoms with E-state index < -0.39 is 0 Å². The Balaban J connectivity index is 1.94. The molecule has 2 rings (SSSR count). The molecule has 1 heterocycles. The molecule has 1 saturated heterocycles. The number of nitrogens with zero attached hydrogens (tertiary/aromatic N) is 1. The predicted octanol–water partition coefficient (Wildman–Crippen LogP) is 1.77. The SMILES string of the molecule is CC(C)(C)C(=O)NC1CC(CCO)CN(C2CCC2)C1. The Morgan fingerprint density at radius 2 is 2.00 bits per heavy atom. The van der Waals surface area contributed by atoms with Crippen molar-refractivity contribution < 1.29 is 9.90 Å². The van der Waals surface area contributed by atoms with Crippen molar-refractivity contribution in [2.45, 2.75) is 65.0 Å². The van der Waals surface area contributed by atoms with Gasteiger partial charge in [-0.15, -0.1) is 0 Å². The summed E-state index contributed by atoms with van der Waals surface area (Å²) in [5.74, 6) is 0.653. The summed E-state index contributed by atoms with van der Waals surface area (Å²) in [5.41, 5.74) is -0.328. The number of carbonyl (C=O) groups is 1. The Labute approximate surface area is 122 Å². The standard InChI is InChI=1S/C16H30N2O2/c1-16(2,3)15(20)17-13-9-12(7-8-19)10-18(11-13)14-5-4-6-14/h12-14,19H,4-11H2,1-3H3,(H,17,20). The van der Waals surface area contributed by atoms with Crippen molar-refractivity contribution in [2.75, 3.05) is 19.7 Å². The quantitative estimate of drug-likeness (QED) is 0.826. The number of piperidine rings is 1. The smallest absolute Gasteiger partial charge is 0.225 e. The molecule has 116 valence electrons. The zero-order chi connectivity index (χ0) is 14.8. The van der Waals surface area contributed by atoms with E-state index in [0.29, 0.717) is 12.0 Å². The van der Waals surface area contributed by atoms with Crippen LogP contribution in [0, 0.1) is 11.3 Å². The summed E-state index contributed by atoms with van der Waals surface area (Å²) in [4.78, 5) is 14.7. The Hall–Kier alpha value is -0.610. The van der Waals surface area contributed by atoms with Crippen LogP contribution in [-0.2, 0) is 4.79 Å². The molecule has 2 unspecified atom stereocenters. The highest BCUT2D eigenvalue weighted by Crippen LogP contribution is 2.30. The van der Waals surface area contributed by atoms with E-state index in [1.165, 1.54) is 19.3 Å². The first-order chi connectivity index (χ1) is 9.40. The Bertz CT molecular complexity index is 334. The number of aliphatic hydroxyl groups is 1. The molecule has 0 radical (unpaired) electrons. The van der Waals surface area contributed by atoms with Gasteiger partial charge < -0.3 is 10.4 Å². The Kier molecular flexibility index (Phi) is 5.08. The molecule has 2 aliphatic rings. The van der Waals surface area contributed by atoms with Gasteiger partial charge in [-0.05, 0) is 31.6 Å². The molecule has 4 nitrogen and oxygen atoms in total. The topological polar surface area (TPSA) is 52.6 Å². The van der Waals surface area contributed by atoms with Gasteiger partial charge in [-0.3, -0.25) is 9.69 Å². The van der Waals surface area contributed by atoms with Crippen LogP contribution in [0.4, 0.5) is 0 Å². The molecule has 4 heteroatoms. The second-order valence-electron chi connectivity index (χ2n) is 7.57. The molecule has 1 amide bonds. The van der Waals surface area contributed by atoms with Crippen LogP contribution in [0.1, 0.15) is 52.9 Å². The van der Waals surface area contributed by atoms with E-state index in [-0.39, 0.29) is 24.0 Å². The van der Waals surface area contributed by atoms with E-state index in [9.17, 15) is 9.90 Å². The number of hydrogen-bond acceptors (Lipinski definition) is 3. The molecule has 0 bridgehead atoms. The lowest BCUT2D eigenvalue weighted by molar-refractivity contribution is -0.130. The van der Waals surface area contributed by atoms with Gasteiger partial charge in [-0.1, -0.05) is 27.2 Å². The number of rotatable bonds is 4. The summed E-state index contributed by atoms with van der Waals surface area (Å²) in [5, 5.41) is 12.4. The highest BCUT2D eigenvalue weighted by Gasteiger charge is 2.35. The maximum Gasteiger partial charge on any atom is 0.225 e. The minimum absolute atomic E-state index is 0.140. The maximum atomic E-state index is 12.2. The van der Waals surface area contributed by atoms with Crippen molar-refractivity contribution in [3.63, 3.8) is 0 Å². The number of amides is 1. The fourth-order valence-corrected chi connectivity index (χ4v) is 3.19. The lowest BCUT2D eigenvalue weighted by Crippen LogP contribution is -2.56. The van der Waals surface area contributed by atoms with Crippen LogP contribution >= 0.6 is 0 Å². The third-order valence-electron chi connectivity index (χ3n) is 4.71. The first-order valence-corrected chi connectivity index (χ1v) is 8.06. The highest BCUT2D eigenvalue weighted by molar-refractivity contribution is 5.81. The van der Waals surface area contributed by atoms with E-state index >= 15 is 0 Å². The van der Waals surface area contributed by atoms with Gasteiger partial charge in [0.1, 0.15) is 0 Å². The molecule has 0 aromatic rings. The molecular weight excluding hydrogens is 252 g/mol. The van der Waals surface area contributed by atoms with Crippen molar-refractivity contribution >= 4 is 5.91 Å². The van der Waals surface area contributed by atoms with Gasteiger partial charge in [0.25, 0.3) is 0 Å². The van der Waals surface area contributed by atoms with Gasteiger partial charge in [-0.2, -0.15) is 0 Å². The van der Waals surface area contributed by atoms with Crippen molar-refractivity contribution in [1.29, 1.82) is 0 Å². The highest BCUT2D eigenvalue weighted by atomic mass is 16.3. The van der Waals surface area contributed by atoms with Crippen LogP contribution in [0.15, 0.2) is 0 Å². The molecular formula is C16H30N2O2. The van der Waals surface area contributed by atoms with Crippen LogP contribution in [0.25, 0.3) is 0 Å². The zero-order valence-electron chi connectivity index (χ0n) is 13.2. The first kappa shape index (κ1) is 15.8. The summed E-state index contributed by atoms with van der Waals surface area (Å²) in [6.45, 7) is 8.20. The van der Waals surface area contributed by atoms with Crippen LogP contribution in [0.2, 0.25) is 0 Å². The van der Waals surface area contributed by atoms with E-state index in [4.69, 9.17) is 0 Å². The Morgan fingerprint density at radius 1 is 1.30 bits per heavy atom. The minimum atomic E-state index is -0.328. The molecule has 2 atom stereocenters. The minimum Gasteiger partial charge on any atom is -0.396 e. The normalized spacial score (nSPS) is 29.0. The Morgan fingerprint density at radius 3 is 2.50 bits per heavy atom. The van der Waals surface area contributed by atoms with Gasteiger partial charge in [0.05, 0.1) is 0 Å². The fraction of sp³-hybridized carbons (Fsp3) is 0.938. The first-order valence-electron chi connectivity index (χ1n) is 8.06. The number of carbonyl (C=O) groups excluding carboxylic acids is 1. The van der Waals surface area contributed by atoms with Crippen molar-refractivity contribution in [1.82, 2.24) is 10.2 Å². The lowest BCUT2D eigenvalue weighted by atomic mass is 9.85. The monoisotopic (exact) mass is 282 g/mol. The number of likely N-dealkylation sites (tertiary alicyclic amines) is 1. The molecule has 2 N–H and O–H groups in total. The second kappa shape index (κ2) is 6.44. The predicted molar refractivity (Wildman–Crippen MR) is 80.4 cm³/mol. The molecule has 0 aromatic carbocycles. The molecule has 1 aliphatic carbocycles. The zero-order valence-corrected chi connectivity index (χ0v) is 13.2. The summed E-state index contributed by atoms with van der Waals surface area (Å²) >= 11 is 0. The maximum absolute atomic E-state index is 12.2. The number of nitrogens with one attached hydrogen (secondary N) is 1. The van der Waals surface area contributed by atoms with Crippen LogP contribution in [0.3, 0.4) is 0 Å². The number of aliphatic hydroxyl groups excluding tert-OH is 1. The van der Waals surface area contributed by atoms with Crippen molar-refractivity contribution in [3.05, 3.63) is 0 Å². The van der Waals surface area contributed by atoms with E-state index in [2.05, 4.69) is 10.2 Å². The molecule has 2 fully saturated rings. The summed E-state index contributed by atoms with van der Waals surface area (Å²) in [7, 11) is 0. The molecule has 1 saturated carbocycles. The molecule has 0 aromatic heterocycles. The van der Waals surface area contributed by atoms with E-state index in [1.807, 2.05) is 20.8 Å². The largest absolute Gasteiger partial charge is 0.396 e. The number of hydrogen-bond donors (Lipinski definition) is 2. The third-order valence-corrected chi connectivity index (χ3v) is 4.71. The van der Waals surface area contributed by atoms with Crippen molar-refractivity contribution in [2.24, 2.45) is 11.3 Å². The van der Waals surface area contributed by atoms with Crippen LogP contribution in [0.5, 0.6) is 0 Å². The average molecular weight is 282 g/mol. The lowest BCUT2D eigenvalue weighted by Gasteiger charge is -2.45. The summed E-state index contributed by atoms with van der Waals surface area (Å²) in [6, 6.07) is 0.957. The van der Waals surface area contributed by atoms with Crippen LogP contribution < -0.4 is 5.32 Å². The third kappa shape index (κ3) is 3.95. The molecule has 20 heavy (non-hydrogen) atoms. The van der Waals surface area contributed by atoms with Crippen molar-refractivity contribution in [3.8, 4) is 0 Å². The van der Waals surface area contributed by atoms with Gasteiger partial charge in [0.15, 0.2) is 0 Å². The van der Waals surface area contributed by atoms with Gasteiger partial charge in [0.2, 0.25) is 5.91 Å². The van der Waals surface area contributed by atoms with Gasteiger partial charge >= 0.3 is 0 Å². The van der Waals surface area contributed by atoms with E-state index in [0.717, 1.165) is 25.9 Å². The summed E-state index contributed by atoms with van der Waals surface area (Å²) < 4.78 is 0. The van der Waals surface area contributed by atoms with Gasteiger partial charge in [-0.25, -0.2) is 0 Å². The molecule has 0 spiro atoms. The second-order valence-corrected chi connectivity index (χ2v) is 7.57. The molecule has 1 aliphatic heterocycles. The fourth-order valence-electron chi connectivity index (χ4n) is 3.19. The van der Waals surface area contributed by atoms with Gasteiger partial charge in [0, 0.05) is 37.2 Å². The van der Waals surface area contributed by atoms with E-state index in [1.54, 1.807) is 0 Å². The average Bonchev–Trinajstić information content (AvgIpc) is 2.25. The summed E-state index contributed by atoms with van der Waals surface area (Å²) in [6.07, 6.45) is 5.79. The van der Waals surface area contributed by atoms with Crippen LogP contribution in [-0.4, -0.2) is 47.7 Å².